The van der Waals surface area contributed by atoms with Gasteiger partial charge < -0.3 is 5.32 Å². The Labute approximate surface area is 158 Å². The van der Waals surface area contributed by atoms with Gasteiger partial charge in [-0.1, -0.05) is 55.5 Å². The molecular weight excluding hydrogens is 314 g/mol. The smallest absolute Gasteiger partial charge is 0.0540 e. The Morgan fingerprint density at radius 2 is 1.65 bits per heavy atom. The topological polar surface area (TPSA) is 12.0 Å². The van der Waals surface area contributed by atoms with Gasteiger partial charge in [-0.25, -0.2) is 0 Å². The maximum absolute atomic E-state index is 4.30. The number of nitrogens with one attached hydrogen (secondary N) is 1. The van der Waals surface area contributed by atoms with Crippen LogP contribution in [0.25, 0.3) is 0 Å². The fourth-order valence-electron chi connectivity index (χ4n) is 4.67. The molecule has 2 aromatic carbocycles. The van der Waals surface area contributed by atoms with Crippen LogP contribution in [-0.4, -0.2) is 6.04 Å². The van der Waals surface area contributed by atoms with Gasteiger partial charge in [0.25, 0.3) is 0 Å². The van der Waals surface area contributed by atoms with Gasteiger partial charge in [0.1, 0.15) is 0 Å². The van der Waals surface area contributed by atoms with E-state index in [1.807, 2.05) is 0 Å². The van der Waals surface area contributed by atoms with Crippen LogP contribution < -0.4 is 5.32 Å². The van der Waals surface area contributed by atoms with Crippen molar-refractivity contribution in [3.05, 3.63) is 76.9 Å². The number of hydrogen-bond acceptors (Lipinski definition) is 1. The molecule has 1 heteroatoms. The molecule has 0 amide bonds. The van der Waals surface area contributed by atoms with E-state index in [2.05, 4.69) is 61.3 Å². The number of anilines is 1. The highest BCUT2D eigenvalue weighted by Crippen LogP contribution is 2.45. The second kappa shape index (κ2) is 7.70. The molecule has 2 aromatic rings. The van der Waals surface area contributed by atoms with E-state index >= 15 is 0 Å². The van der Waals surface area contributed by atoms with Crippen LogP contribution in [0.1, 0.15) is 67.2 Å². The lowest BCUT2D eigenvalue weighted by atomic mass is 9.80. The maximum atomic E-state index is 4.30. The fraction of sp³-hybridized carbons (Fsp3) is 0.440. The molecule has 0 bridgehead atoms. The van der Waals surface area contributed by atoms with Crippen molar-refractivity contribution in [1.82, 2.24) is 0 Å². The Balaban J connectivity index is 1.31. The second-order valence-electron chi connectivity index (χ2n) is 8.08. The maximum Gasteiger partial charge on any atom is 0.0540 e. The van der Waals surface area contributed by atoms with Gasteiger partial charge in [-0.3, -0.25) is 0 Å². The molecule has 2 aliphatic rings. The quantitative estimate of drug-likeness (QED) is 0.470. The summed E-state index contributed by atoms with van der Waals surface area (Å²) in [7, 11) is 0. The molecule has 1 fully saturated rings. The zero-order chi connectivity index (χ0) is 17.9. The average Bonchev–Trinajstić information content (AvgIpc) is 3.05. The minimum absolute atomic E-state index is 0.486. The SMILES string of the molecule is C=C1CCCC2c3ccc(CCCCc4ccc(CC)cc4)cc3N[C@@H]12. The lowest BCUT2D eigenvalue weighted by molar-refractivity contribution is 0.506. The van der Waals surface area contributed by atoms with Crippen molar-refractivity contribution in [3.8, 4) is 0 Å². The molecule has 2 atom stereocenters. The first kappa shape index (κ1) is 17.4. The van der Waals surface area contributed by atoms with E-state index in [0.29, 0.717) is 12.0 Å². The molecule has 1 N–H and O–H groups in total. The third-order valence-electron chi connectivity index (χ3n) is 6.30. The summed E-state index contributed by atoms with van der Waals surface area (Å²) in [5, 5.41) is 3.75. The first-order chi connectivity index (χ1) is 12.7. The van der Waals surface area contributed by atoms with Crippen LogP contribution in [-0.2, 0) is 19.3 Å². The van der Waals surface area contributed by atoms with Crippen LogP contribution in [0, 0.1) is 0 Å². The highest BCUT2D eigenvalue weighted by Gasteiger charge is 2.35. The molecule has 0 saturated heterocycles. The van der Waals surface area contributed by atoms with E-state index in [4.69, 9.17) is 0 Å². The standard InChI is InChI=1S/C25H31N/c1-3-19-11-13-20(14-12-19)8-4-5-9-21-15-16-22-23-10-6-7-18(2)25(23)26-24(22)17-21/h11-17,23,25-26H,2-10H2,1H3/t23?,25-/m0/s1. The zero-order valence-corrected chi connectivity index (χ0v) is 16.1. The minimum Gasteiger partial charge on any atom is -0.378 e. The summed E-state index contributed by atoms with van der Waals surface area (Å²) in [6.07, 6.45) is 9.80. The van der Waals surface area contributed by atoms with Crippen LogP contribution in [0.4, 0.5) is 5.69 Å². The second-order valence-corrected chi connectivity index (χ2v) is 8.08. The van der Waals surface area contributed by atoms with E-state index in [1.54, 1.807) is 0 Å². The first-order valence-electron chi connectivity index (χ1n) is 10.4. The van der Waals surface area contributed by atoms with Crippen molar-refractivity contribution in [2.45, 2.75) is 70.3 Å². The third-order valence-corrected chi connectivity index (χ3v) is 6.30. The Morgan fingerprint density at radius 1 is 0.962 bits per heavy atom. The summed E-state index contributed by atoms with van der Waals surface area (Å²) in [5.74, 6) is 0.659. The summed E-state index contributed by atoms with van der Waals surface area (Å²) >= 11 is 0. The lowest BCUT2D eigenvalue weighted by Gasteiger charge is -2.27. The minimum atomic E-state index is 0.486. The number of aryl methyl sites for hydroxylation is 3. The predicted octanol–water partition coefficient (Wildman–Crippen LogP) is 6.43. The Bertz CT molecular complexity index is 771. The molecule has 0 radical (unpaired) electrons. The van der Waals surface area contributed by atoms with Crippen molar-refractivity contribution in [3.63, 3.8) is 0 Å². The van der Waals surface area contributed by atoms with Gasteiger partial charge in [0.15, 0.2) is 0 Å². The van der Waals surface area contributed by atoms with Gasteiger partial charge in [0.05, 0.1) is 6.04 Å². The van der Waals surface area contributed by atoms with Crippen molar-refractivity contribution >= 4 is 5.69 Å². The monoisotopic (exact) mass is 345 g/mol. The van der Waals surface area contributed by atoms with E-state index in [0.717, 1.165) is 6.42 Å². The van der Waals surface area contributed by atoms with E-state index in [9.17, 15) is 0 Å². The number of benzene rings is 2. The highest BCUT2D eigenvalue weighted by molar-refractivity contribution is 5.63. The Kier molecular flexibility index (Phi) is 5.15. The van der Waals surface area contributed by atoms with Crippen LogP contribution in [0.5, 0.6) is 0 Å². The Hall–Kier alpha value is -2.02. The molecule has 1 saturated carbocycles. The molecule has 0 aromatic heterocycles. The Morgan fingerprint density at radius 3 is 2.42 bits per heavy atom. The van der Waals surface area contributed by atoms with Gasteiger partial charge in [-0.15, -0.1) is 0 Å². The molecule has 136 valence electrons. The van der Waals surface area contributed by atoms with Gasteiger partial charge in [0.2, 0.25) is 0 Å². The summed E-state index contributed by atoms with van der Waals surface area (Å²) in [6.45, 7) is 6.51. The molecule has 26 heavy (non-hydrogen) atoms. The van der Waals surface area contributed by atoms with Gasteiger partial charge in [-0.05, 0) is 79.7 Å². The highest BCUT2D eigenvalue weighted by atomic mass is 15.0. The van der Waals surface area contributed by atoms with Gasteiger partial charge in [-0.2, -0.15) is 0 Å². The van der Waals surface area contributed by atoms with Crippen molar-refractivity contribution in [2.75, 3.05) is 5.32 Å². The molecule has 4 rings (SSSR count). The van der Waals surface area contributed by atoms with E-state index < -0.39 is 0 Å². The first-order valence-corrected chi connectivity index (χ1v) is 10.4. The number of unbranched alkanes of at least 4 members (excludes halogenated alkanes) is 1. The summed E-state index contributed by atoms with van der Waals surface area (Å²) in [6, 6.07) is 16.8. The summed E-state index contributed by atoms with van der Waals surface area (Å²) in [4.78, 5) is 0. The van der Waals surface area contributed by atoms with Crippen LogP contribution in [0.2, 0.25) is 0 Å². The normalized spacial score (nSPS) is 21.2. The molecule has 1 unspecified atom stereocenters. The van der Waals surface area contributed by atoms with Gasteiger partial charge >= 0.3 is 0 Å². The van der Waals surface area contributed by atoms with Crippen LogP contribution in [0.15, 0.2) is 54.6 Å². The predicted molar refractivity (Wildman–Crippen MR) is 112 cm³/mol. The van der Waals surface area contributed by atoms with E-state index in [1.165, 1.54) is 78.5 Å². The molecule has 0 spiro atoms. The molecule has 1 aliphatic heterocycles. The van der Waals surface area contributed by atoms with Crippen LogP contribution in [0.3, 0.4) is 0 Å². The average molecular weight is 346 g/mol. The van der Waals surface area contributed by atoms with E-state index in [-0.39, 0.29) is 0 Å². The third kappa shape index (κ3) is 3.58. The largest absolute Gasteiger partial charge is 0.378 e. The molecule has 1 aliphatic carbocycles. The summed E-state index contributed by atoms with van der Waals surface area (Å²) in [5.41, 5.74) is 8.67. The van der Waals surface area contributed by atoms with Crippen molar-refractivity contribution < 1.29 is 0 Å². The van der Waals surface area contributed by atoms with Gasteiger partial charge in [0, 0.05) is 11.6 Å². The molecular formula is C25H31N. The molecule has 1 nitrogen and oxygen atoms in total. The lowest BCUT2D eigenvalue weighted by Crippen LogP contribution is -2.26. The fourth-order valence-corrected chi connectivity index (χ4v) is 4.67. The zero-order valence-electron chi connectivity index (χ0n) is 16.1. The number of fused-ring (bicyclic) bond motifs is 3. The molecule has 1 heterocycles. The van der Waals surface area contributed by atoms with Crippen molar-refractivity contribution in [1.29, 1.82) is 0 Å². The van der Waals surface area contributed by atoms with Crippen molar-refractivity contribution in [2.24, 2.45) is 0 Å². The number of rotatable bonds is 6. The van der Waals surface area contributed by atoms with Crippen LogP contribution >= 0.6 is 0 Å². The number of hydrogen-bond donors (Lipinski definition) is 1. The summed E-state index contributed by atoms with van der Waals surface area (Å²) < 4.78 is 0.